The van der Waals surface area contributed by atoms with Gasteiger partial charge in [0.05, 0.1) is 17.2 Å². The molecule has 0 saturated carbocycles. The number of halogens is 1. The summed E-state index contributed by atoms with van der Waals surface area (Å²) in [7, 11) is 0. The van der Waals surface area contributed by atoms with Crippen LogP contribution in [0.3, 0.4) is 0 Å². The summed E-state index contributed by atoms with van der Waals surface area (Å²) in [5.74, 6) is 0. The number of nitrogens with one attached hydrogen (secondary N) is 1. The minimum Gasteiger partial charge on any atom is -0.377 e. The van der Waals surface area contributed by atoms with Crippen LogP contribution in [-0.2, 0) is 0 Å². The van der Waals surface area contributed by atoms with Crippen molar-refractivity contribution in [3.8, 4) is 6.07 Å². The summed E-state index contributed by atoms with van der Waals surface area (Å²) in [6.07, 6.45) is 0.892. The molecule has 1 atom stereocenters. The predicted octanol–water partition coefficient (Wildman–Crippen LogP) is 5.32. The van der Waals surface area contributed by atoms with E-state index in [1.165, 1.54) is 5.56 Å². The van der Waals surface area contributed by atoms with Crippen molar-refractivity contribution in [2.24, 2.45) is 0 Å². The largest absolute Gasteiger partial charge is 0.377 e. The number of aromatic nitrogens is 1. The monoisotopic (exact) mass is 321 g/mol. The van der Waals surface area contributed by atoms with Crippen LogP contribution < -0.4 is 5.32 Å². The van der Waals surface area contributed by atoms with Crippen molar-refractivity contribution in [3.63, 3.8) is 0 Å². The summed E-state index contributed by atoms with van der Waals surface area (Å²) < 4.78 is 0. The molecule has 2 aromatic carbocycles. The molecule has 0 fully saturated rings. The zero-order valence-electron chi connectivity index (χ0n) is 12.8. The van der Waals surface area contributed by atoms with E-state index in [-0.39, 0.29) is 11.2 Å². The normalized spacial score (nSPS) is 11.9. The molecule has 1 heterocycles. The van der Waals surface area contributed by atoms with Crippen molar-refractivity contribution in [2.45, 2.75) is 19.4 Å². The van der Waals surface area contributed by atoms with Gasteiger partial charge in [0.1, 0.15) is 16.8 Å². The van der Waals surface area contributed by atoms with E-state index in [0.29, 0.717) is 5.56 Å². The van der Waals surface area contributed by atoms with Crippen molar-refractivity contribution < 1.29 is 0 Å². The third kappa shape index (κ3) is 2.99. The number of hydrogen-bond acceptors (Lipinski definition) is 3. The standard InChI is InChI=1S/C19H16ClN3/c1-2-16(13-8-4-3-5-9-13)22-18-14-10-6-7-11-17(14)23-19(20)15(18)12-21/h3-11,16H,2H2,1H3,(H,22,23)/t16-/m1/s1. The smallest absolute Gasteiger partial charge is 0.149 e. The van der Waals surface area contributed by atoms with Crippen molar-refractivity contribution in [1.82, 2.24) is 4.98 Å². The molecule has 1 aromatic heterocycles. The van der Waals surface area contributed by atoms with Gasteiger partial charge in [-0.05, 0) is 18.1 Å². The van der Waals surface area contributed by atoms with E-state index in [2.05, 4.69) is 35.4 Å². The number of rotatable bonds is 4. The highest BCUT2D eigenvalue weighted by Crippen LogP contribution is 2.34. The predicted molar refractivity (Wildman–Crippen MR) is 94.6 cm³/mol. The molecule has 0 amide bonds. The van der Waals surface area contributed by atoms with Crippen LogP contribution in [0.1, 0.15) is 30.5 Å². The second kappa shape index (κ2) is 6.68. The molecule has 3 aromatic rings. The summed E-state index contributed by atoms with van der Waals surface area (Å²) in [4.78, 5) is 4.32. The highest BCUT2D eigenvalue weighted by Gasteiger charge is 2.17. The zero-order valence-corrected chi connectivity index (χ0v) is 13.5. The average molecular weight is 322 g/mol. The topological polar surface area (TPSA) is 48.7 Å². The van der Waals surface area contributed by atoms with E-state index >= 15 is 0 Å². The molecule has 0 radical (unpaired) electrons. The molecular weight excluding hydrogens is 306 g/mol. The van der Waals surface area contributed by atoms with Crippen LogP contribution in [0.2, 0.25) is 5.15 Å². The second-order valence-corrected chi connectivity index (χ2v) is 5.66. The molecule has 0 aliphatic rings. The maximum atomic E-state index is 9.50. The van der Waals surface area contributed by atoms with Gasteiger partial charge in [0, 0.05) is 5.39 Å². The molecule has 0 spiro atoms. The lowest BCUT2D eigenvalue weighted by Gasteiger charge is -2.21. The minimum absolute atomic E-state index is 0.102. The summed E-state index contributed by atoms with van der Waals surface area (Å²) in [5.41, 5.74) is 3.09. The van der Waals surface area contributed by atoms with Gasteiger partial charge >= 0.3 is 0 Å². The van der Waals surface area contributed by atoms with Gasteiger partial charge in [-0.25, -0.2) is 4.98 Å². The lowest BCUT2D eigenvalue weighted by molar-refractivity contribution is 0.750. The molecule has 0 aliphatic carbocycles. The maximum absolute atomic E-state index is 9.50. The number of fused-ring (bicyclic) bond motifs is 1. The molecule has 23 heavy (non-hydrogen) atoms. The first-order valence-electron chi connectivity index (χ1n) is 7.54. The van der Waals surface area contributed by atoms with Gasteiger partial charge in [-0.1, -0.05) is 67.1 Å². The number of para-hydroxylation sites is 1. The Morgan fingerprint density at radius 2 is 1.83 bits per heavy atom. The number of hydrogen-bond donors (Lipinski definition) is 1. The quantitative estimate of drug-likeness (QED) is 0.661. The average Bonchev–Trinajstić information content (AvgIpc) is 2.60. The van der Waals surface area contributed by atoms with Crippen LogP contribution in [0.5, 0.6) is 0 Å². The summed E-state index contributed by atoms with van der Waals surface area (Å²) in [6.45, 7) is 2.11. The molecule has 114 valence electrons. The Hall–Kier alpha value is -2.57. The molecule has 0 unspecified atom stereocenters. The lowest BCUT2D eigenvalue weighted by atomic mass is 10.0. The van der Waals surface area contributed by atoms with Crippen LogP contribution in [-0.4, -0.2) is 4.98 Å². The molecule has 0 aliphatic heterocycles. The van der Waals surface area contributed by atoms with E-state index in [1.807, 2.05) is 42.5 Å². The molecule has 1 N–H and O–H groups in total. The zero-order chi connectivity index (χ0) is 16.2. The fourth-order valence-electron chi connectivity index (χ4n) is 2.71. The van der Waals surface area contributed by atoms with Gasteiger partial charge in [-0.2, -0.15) is 5.26 Å². The van der Waals surface area contributed by atoms with E-state index in [4.69, 9.17) is 11.6 Å². The van der Waals surface area contributed by atoms with Crippen LogP contribution in [0.15, 0.2) is 54.6 Å². The first kappa shape index (κ1) is 15.3. The minimum atomic E-state index is 0.102. The number of nitrogens with zero attached hydrogens (tertiary/aromatic N) is 2. The van der Waals surface area contributed by atoms with Crippen molar-refractivity contribution in [1.29, 1.82) is 5.26 Å². The first-order chi connectivity index (χ1) is 11.2. The van der Waals surface area contributed by atoms with Crippen LogP contribution in [0.4, 0.5) is 5.69 Å². The van der Waals surface area contributed by atoms with E-state index < -0.39 is 0 Å². The Morgan fingerprint density at radius 3 is 2.52 bits per heavy atom. The third-order valence-corrected chi connectivity index (χ3v) is 4.16. The number of benzene rings is 2. The second-order valence-electron chi connectivity index (χ2n) is 5.30. The summed E-state index contributed by atoms with van der Waals surface area (Å²) >= 11 is 6.21. The fraction of sp³-hybridized carbons (Fsp3) is 0.158. The molecule has 0 bridgehead atoms. The molecular formula is C19H16ClN3. The van der Waals surface area contributed by atoms with Crippen molar-refractivity contribution >= 4 is 28.2 Å². The van der Waals surface area contributed by atoms with Crippen molar-refractivity contribution in [2.75, 3.05) is 5.32 Å². The van der Waals surface area contributed by atoms with Gasteiger partial charge in [-0.15, -0.1) is 0 Å². The van der Waals surface area contributed by atoms with Crippen LogP contribution in [0, 0.1) is 11.3 Å². The van der Waals surface area contributed by atoms with Gasteiger partial charge in [0.25, 0.3) is 0 Å². The van der Waals surface area contributed by atoms with E-state index in [1.54, 1.807) is 0 Å². The summed E-state index contributed by atoms with van der Waals surface area (Å²) in [6, 6.07) is 20.2. The van der Waals surface area contributed by atoms with Gasteiger partial charge < -0.3 is 5.32 Å². The first-order valence-corrected chi connectivity index (χ1v) is 7.92. The Balaban J connectivity index is 2.13. The van der Waals surface area contributed by atoms with Gasteiger partial charge in [-0.3, -0.25) is 0 Å². The summed E-state index contributed by atoms with van der Waals surface area (Å²) in [5, 5.41) is 14.1. The van der Waals surface area contributed by atoms with E-state index in [0.717, 1.165) is 23.0 Å². The maximum Gasteiger partial charge on any atom is 0.149 e. The fourth-order valence-corrected chi connectivity index (χ4v) is 2.94. The highest BCUT2D eigenvalue weighted by atomic mass is 35.5. The number of nitriles is 1. The molecule has 3 rings (SSSR count). The molecule has 0 saturated heterocycles. The lowest BCUT2D eigenvalue weighted by Crippen LogP contribution is -2.11. The van der Waals surface area contributed by atoms with Crippen LogP contribution in [0.25, 0.3) is 10.9 Å². The number of pyridine rings is 1. The Morgan fingerprint density at radius 1 is 1.13 bits per heavy atom. The molecule has 3 nitrogen and oxygen atoms in total. The van der Waals surface area contributed by atoms with Gasteiger partial charge in [0.2, 0.25) is 0 Å². The van der Waals surface area contributed by atoms with Gasteiger partial charge in [0.15, 0.2) is 0 Å². The number of anilines is 1. The SMILES string of the molecule is CC[C@@H](Nc1c(C#N)c(Cl)nc2ccccc12)c1ccccc1. The molecule has 4 heteroatoms. The third-order valence-electron chi connectivity index (χ3n) is 3.89. The highest BCUT2D eigenvalue weighted by molar-refractivity contribution is 6.31. The Kier molecular flexibility index (Phi) is 4.45. The Bertz CT molecular complexity index is 869. The van der Waals surface area contributed by atoms with E-state index in [9.17, 15) is 5.26 Å². The van der Waals surface area contributed by atoms with Crippen LogP contribution >= 0.6 is 11.6 Å². The Labute approximate surface area is 140 Å². The van der Waals surface area contributed by atoms with Crippen molar-refractivity contribution in [3.05, 3.63) is 70.9 Å².